The molecule has 102 valence electrons. The summed E-state index contributed by atoms with van der Waals surface area (Å²) in [5.41, 5.74) is 9.93. The Hall–Kier alpha value is -2.42. The first-order chi connectivity index (χ1) is 8.81. The Morgan fingerprint density at radius 3 is 1.89 bits per heavy atom. The average Bonchev–Trinajstić information content (AvgIpc) is 2.75. The first kappa shape index (κ1) is 14.6. The minimum Gasteiger partial charge on any atom is -0.477 e. The fraction of sp³-hybridized carbons (Fsp3) is 0.200. The molecule has 0 bridgehead atoms. The lowest BCUT2D eigenvalue weighted by Gasteiger charge is -2.18. The first-order valence-electron chi connectivity index (χ1n) is 5.00. The van der Waals surface area contributed by atoms with E-state index in [9.17, 15) is 19.2 Å². The van der Waals surface area contributed by atoms with Gasteiger partial charge in [-0.2, -0.15) is 0 Å². The summed E-state index contributed by atoms with van der Waals surface area (Å²) in [6.07, 6.45) is 0. The molecule has 0 saturated heterocycles. The molecule has 0 saturated carbocycles. The number of carboxylic acid groups (broad SMARTS) is 1. The highest BCUT2D eigenvalue weighted by Crippen LogP contribution is 2.18. The van der Waals surface area contributed by atoms with E-state index in [1.807, 2.05) is 0 Å². The third-order valence-corrected chi connectivity index (χ3v) is 3.07. The molecule has 19 heavy (non-hydrogen) atoms. The van der Waals surface area contributed by atoms with Crippen LogP contribution in [0.1, 0.15) is 19.3 Å². The molecule has 0 aliphatic heterocycles. The van der Waals surface area contributed by atoms with Crippen LogP contribution in [0.15, 0.2) is 12.1 Å². The largest absolute Gasteiger partial charge is 0.477 e. The van der Waals surface area contributed by atoms with Crippen molar-refractivity contribution < 1.29 is 24.3 Å². The number of hydrogen-bond donors (Lipinski definition) is 3. The fourth-order valence-corrected chi connectivity index (χ4v) is 2.11. The van der Waals surface area contributed by atoms with Crippen molar-refractivity contribution in [1.29, 1.82) is 0 Å². The van der Waals surface area contributed by atoms with Crippen LogP contribution in [-0.2, 0) is 9.59 Å². The molecule has 5 N–H and O–H groups in total. The zero-order valence-corrected chi connectivity index (χ0v) is 10.5. The number of carbonyl (C=O) groups is 4. The molecule has 0 radical (unpaired) electrons. The van der Waals surface area contributed by atoms with Gasteiger partial charge in [-0.25, -0.2) is 4.79 Å². The van der Waals surface area contributed by atoms with Gasteiger partial charge in [0.15, 0.2) is 0 Å². The summed E-state index contributed by atoms with van der Waals surface area (Å²) in [7, 11) is 0. The zero-order valence-electron chi connectivity index (χ0n) is 9.66. The molecule has 0 aliphatic carbocycles. The van der Waals surface area contributed by atoms with Gasteiger partial charge in [0.25, 0.3) is 5.91 Å². The van der Waals surface area contributed by atoms with Crippen LogP contribution >= 0.6 is 11.3 Å². The van der Waals surface area contributed by atoms with Crippen molar-refractivity contribution in [3.8, 4) is 0 Å². The topological polar surface area (TPSA) is 144 Å². The van der Waals surface area contributed by atoms with Gasteiger partial charge in [0, 0.05) is 0 Å². The molecule has 0 atom stereocenters. The minimum absolute atomic E-state index is 0.0264. The van der Waals surface area contributed by atoms with Crippen LogP contribution in [0.2, 0.25) is 0 Å². The molecular formula is C10H11N3O5S. The van der Waals surface area contributed by atoms with Crippen LogP contribution in [0, 0.1) is 0 Å². The van der Waals surface area contributed by atoms with E-state index in [0.717, 1.165) is 16.2 Å². The second-order valence-electron chi connectivity index (χ2n) is 3.56. The van der Waals surface area contributed by atoms with Crippen LogP contribution in [0.4, 0.5) is 0 Å². The van der Waals surface area contributed by atoms with E-state index in [1.165, 1.54) is 12.1 Å². The van der Waals surface area contributed by atoms with E-state index in [0.29, 0.717) is 0 Å². The van der Waals surface area contributed by atoms with E-state index in [1.54, 1.807) is 0 Å². The van der Waals surface area contributed by atoms with E-state index >= 15 is 0 Å². The molecule has 1 aromatic rings. The summed E-state index contributed by atoms with van der Waals surface area (Å²) < 4.78 is 0. The predicted molar refractivity (Wildman–Crippen MR) is 65.6 cm³/mol. The summed E-state index contributed by atoms with van der Waals surface area (Å²) in [4.78, 5) is 45.3. The Balaban J connectivity index is 2.93. The Morgan fingerprint density at radius 2 is 1.53 bits per heavy atom. The van der Waals surface area contributed by atoms with Gasteiger partial charge in [0.05, 0.1) is 4.88 Å². The molecule has 0 spiro atoms. The third kappa shape index (κ3) is 4.07. The predicted octanol–water partition coefficient (Wildman–Crippen LogP) is -1.14. The van der Waals surface area contributed by atoms with Gasteiger partial charge in [0.2, 0.25) is 11.8 Å². The lowest BCUT2D eigenvalue weighted by atomic mass is 10.3. The number of amides is 3. The molecule has 1 heterocycles. The van der Waals surface area contributed by atoms with Crippen molar-refractivity contribution in [2.45, 2.75) is 0 Å². The molecule has 1 aromatic heterocycles. The number of aromatic carboxylic acids is 1. The number of primary amides is 2. The Labute approximate surface area is 111 Å². The summed E-state index contributed by atoms with van der Waals surface area (Å²) in [5, 5.41) is 8.75. The summed E-state index contributed by atoms with van der Waals surface area (Å²) >= 11 is 0.737. The maximum atomic E-state index is 12.0. The Morgan fingerprint density at radius 1 is 1.05 bits per heavy atom. The molecule has 0 aliphatic rings. The van der Waals surface area contributed by atoms with Gasteiger partial charge in [-0.1, -0.05) is 0 Å². The van der Waals surface area contributed by atoms with Gasteiger partial charge >= 0.3 is 5.97 Å². The molecule has 8 nitrogen and oxygen atoms in total. The number of nitrogens with zero attached hydrogens (tertiary/aromatic N) is 1. The van der Waals surface area contributed by atoms with Crippen molar-refractivity contribution in [2.24, 2.45) is 11.5 Å². The molecule has 9 heteroatoms. The smallest absolute Gasteiger partial charge is 0.345 e. The van der Waals surface area contributed by atoms with Crippen molar-refractivity contribution in [2.75, 3.05) is 13.1 Å². The van der Waals surface area contributed by atoms with Gasteiger partial charge in [0.1, 0.15) is 18.0 Å². The SMILES string of the molecule is NC(=O)CN(CC(N)=O)C(=O)c1ccc(C(=O)O)s1. The van der Waals surface area contributed by atoms with Crippen LogP contribution in [0.25, 0.3) is 0 Å². The molecule has 3 amide bonds. The lowest BCUT2D eigenvalue weighted by molar-refractivity contribution is -0.121. The first-order valence-corrected chi connectivity index (χ1v) is 5.82. The molecule has 0 fully saturated rings. The van der Waals surface area contributed by atoms with E-state index in [-0.39, 0.29) is 9.75 Å². The Bertz CT molecular complexity index is 523. The highest BCUT2D eigenvalue weighted by molar-refractivity contribution is 7.15. The molecular weight excluding hydrogens is 274 g/mol. The summed E-state index contributed by atoms with van der Waals surface area (Å²) in [5.74, 6) is -3.44. The lowest BCUT2D eigenvalue weighted by Crippen LogP contribution is -2.43. The van der Waals surface area contributed by atoms with E-state index in [4.69, 9.17) is 16.6 Å². The van der Waals surface area contributed by atoms with Gasteiger partial charge < -0.3 is 21.5 Å². The van der Waals surface area contributed by atoms with Crippen LogP contribution in [0.3, 0.4) is 0 Å². The number of hydrogen-bond acceptors (Lipinski definition) is 5. The molecule has 0 unspecified atom stereocenters. The van der Waals surface area contributed by atoms with Crippen LogP contribution in [-0.4, -0.2) is 46.8 Å². The highest BCUT2D eigenvalue weighted by atomic mass is 32.1. The number of carbonyl (C=O) groups excluding carboxylic acids is 3. The number of rotatable bonds is 6. The van der Waals surface area contributed by atoms with Crippen molar-refractivity contribution in [3.63, 3.8) is 0 Å². The second-order valence-corrected chi connectivity index (χ2v) is 4.65. The molecule has 0 aromatic carbocycles. The van der Waals surface area contributed by atoms with Gasteiger partial charge in [-0.15, -0.1) is 11.3 Å². The van der Waals surface area contributed by atoms with Crippen molar-refractivity contribution in [3.05, 3.63) is 21.9 Å². The normalized spacial score (nSPS) is 9.89. The third-order valence-electron chi connectivity index (χ3n) is 2.01. The molecule has 1 rings (SSSR count). The van der Waals surface area contributed by atoms with E-state index in [2.05, 4.69) is 0 Å². The van der Waals surface area contributed by atoms with Crippen LogP contribution < -0.4 is 11.5 Å². The Kier molecular flexibility index (Phi) is 4.59. The maximum Gasteiger partial charge on any atom is 0.345 e. The van der Waals surface area contributed by atoms with Gasteiger partial charge in [-0.3, -0.25) is 14.4 Å². The van der Waals surface area contributed by atoms with Crippen molar-refractivity contribution >= 4 is 35.0 Å². The minimum atomic E-state index is -1.17. The zero-order chi connectivity index (χ0) is 14.6. The standard InChI is InChI=1S/C10H11N3O5S/c11-7(14)3-13(4-8(12)15)9(16)5-1-2-6(19-5)10(17)18/h1-2H,3-4H2,(H2,11,14)(H2,12,15)(H,17,18). The van der Waals surface area contributed by atoms with E-state index < -0.39 is 36.8 Å². The number of carboxylic acids is 1. The highest BCUT2D eigenvalue weighted by Gasteiger charge is 2.22. The van der Waals surface area contributed by atoms with Crippen molar-refractivity contribution in [1.82, 2.24) is 4.90 Å². The average molecular weight is 285 g/mol. The number of thiophene rings is 1. The summed E-state index contributed by atoms with van der Waals surface area (Å²) in [6.45, 7) is -0.940. The fourth-order valence-electron chi connectivity index (χ4n) is 1.30. The van der Waals surface area contributed by atoms with Gasteiger partial charge in [-0.05, 0) is 12.1 Å². The monoisotopic (exact) mass is 285 g/mol. The van der Waals surface area contributed by atoms with Crippen LogP contribution in [0.5, 0.6) is 0 Å². The maximum absolute atomic E-state index is 12.0. The quantitative estimate of drug-likeness (QED) is 0.605. The second kappa shape index (κ2) is 5.96. The summed E-state index contributed by atoms with van der Waals surface area (Å²) in [6, 6.07) is 2.55. The number of nitrogens with two attached hydrogens (primary N) is 2.